The zero-order valence-electron chi connectivity index (χ0n) is 9.96. The summed E-state index contributed by atoms with van der Waals surface area (Å²) in [6.07, 6.45) is -1.87. The van der Waals surface area contributed by atoms with E-state index in [1.807, 2.05) is 22.6 Å². The van der Waals surface area contributed by atoms with Gasteiger partial charge in [0.05, 0.1) is 10.5 Å². The molecule has 0 saturated carbocycles. The molecule has 0 fully saturated rings. The van der Waals surface area contributed by atoms with E-state index in [-0.39, 0.29) is 11.8 Å². The number of hydrogen-bond donors (Lipinski definition) is 0. The predicted molar refractivity (Wildman–Crippen MR) is 72.9 cm³/mol. The molecule has 0 spiro atoms. The number of hydrogen-bond acceptors (Lipinski definition) is 5. The lowest BCUT2D eigenvalue weighted by Crippen LogP contribution is -2.06. The average molecular weight is 411 g/mol. The van der Waals surface area contributed by atoms with E-state index in [2.05, 4.69) is 9.97 Å². The Kier molecular flexibility index (Phi) is 4.25. The van der Waals surface area contributed by atoms with Crippen LogP contribution in [0.4, 0.5) is 18.9 Å². The van der Waals surface area contributed by atoms with Crippen molar-refractivity contribution in [2.45, 2.75) is 6.18 Å². The predicted octanol–water partition coefficient (Wildman–Crippen LogP) is 3.80. The molecule has 0 radical (unpaired) electrons. The van der Waals surface area contributed by atoms with E-state index in [1.54, 1.807) is 0 Å². The fourth-order valence-corrected chi connectivity index (χ4v) is 1.65. The largest absolute Gasteiger partial charge is 0.417 e. The third-order valence-corrected chi connectivity index (χ3v) is 2.84. The van der Waals surface area contributed by atoms with Gasteiger partial charge < -0.3 is 4.74 Å². The van der Waals surface area contributed by atoms with Gasteiger partial charge in [-0.3, -0.25) is 10.1 Å². The van der Waals surface area contributed by atoms with Crippen LogP contribution in [0.1, 0.15) is 5.56 Å². The van der Waals surface area contributed by atoms with Crippen LogP contribution in [-0.2, 0) is 6.18 Å². The molecule has 21 heavy (non-hydrogen) atoms. The van der Waals surface area contributed by atoms with Crippen molar-refractivity contribution < 1.29 is 22.8 Å². The maximum atomic E-state index is 12.5. The van der Waals surface area contributed by atoms with E-state index in [0.717, 1.165) is 6.07 Å². The quantitative estimate of drug-likeness (QED) is 0.436. The smallest absolute Gasteiger partial charge is 0.416 e. The summed E-state index contributed by atoms with van der Waals surface area (Å²) in [7, 11) is 0. The maximum Gasteiger partial charge on any atom is 0.416 e. The highest BCUT2D eigenvalue weighted by Gasteiger charge is 2.33. The van der Waals surface area contributed by atoms with Crippen LogP contribution in [0.2, 0.25) is 0 Å². The number of nitro groups is 1. The van der Waals surface area contributed by atoms with Crippen LogP contribution in [0.3, 0.4) is 0 Å². The van der Waals surface area contributed by atoms with Gasteiger partial charge in [0, 0.05) is 22.0 Å². The summed E-state index contributed by atoms with van der Waals surface area (Å²) in [6, 6.07) is 1.76. The number of halogens is 4. The molecule has 2 aromatic rings. The highest BCUT2D eigenvalue weighted by molar-refractivity contribution is 14.1. The Morgan fingerprint density at radius 2 is 1.86 bits per heavy atom. The van der Waals surface area contributed by atoms with Gasteiger partial charge in [-0.1, -0.05) is 0 Å². The lowest BCUT2D eigenvalue weighted by atomic mass is 10.2. The molecule has 1 aromatic heterocycles. The first-order chi connectivity index (χ1) is 9.77. The van der Waals surface area contributed by atoms with Crippen molar-refractivity contribution in [3.8, 4) is 11.8 Å². The maximum absolute atomic E-state index is 12.5. The van der Waals surface area contributed by atoms with Crippen LogP contribution < -0.4 is 4.74 Å². The van der Waals surface area contributed by atoms with Gasteiger partial charge in [-0.05, 0) is 34.7 Å². The SMILES string of the molecule is O=[N+]([O-])c1cc(C(F)(F)F)ccc1Oc1ncc(I)cn1. The van der Waals surface area contributed by atoms with Crippen LogP contribution in [-0.4, -0.2) is 14.9 Å². The van der Waals surface area contributed by atoms with E-state index in [9.17, 15) is 23.3 Å². The third-order valence-electron chi connectivity index (χ3n) is 2.28. The van der Waals surface area contributed by atoms with Gasteiger partial charge in [0.15, 0.2) is 0 Å². The number of alkyl halides is 3. The summed E-state index contributed by atoms with van der Waals surface area (Å²) in [5.41, 5.74) is -1.95. The van der Waals surface area contributed by atoms with Gasteiger partial charge in [0.1, 0.15) is 0 Å². The van der Waals surface area contributed by atoms with Gasteiger partial charge in [0.2, 0.25) is 5.75 Å². The zero-order chi connectivity index (χ0) is 15.6. The van der Waals surface area contributed by atoms with E-state index < -0.39 is 22.4 Å². The summed E-state index contributed by atoms with van der Waals surface area (Å²) >= 11 is 1.94. The summed E-state index contributed by atoms with van der Waals surface area (Å²) in [6.45, 7) is 0. The summed E-state index contributed by atoms with van der Waals surface area (Å²) in [4.78, 5) is 17.4. The summed E-state index contributed by atoms with van der Waals surface area (Å²) in [5, 5.41) is 10.9. The Balaban J connectivity index is 2.39. The second kappa shape index (κ2) is 5.79. The normalized spacial score (nSPS) is 11.2. The van der Waals surface area contributed by atoms with Crippen molar-refractivity contribution in [1.82, 2.24) is 9.97 Å². The number of benzene rings is 1. The number of rotatable bonds is 3. The van der Waals surface area contributed by atoms with Crippen LogP contribution >= 0.6 is 22.6 Å². The van der Waals surface area contributed by atoms with Crippen LogP contribution in [0.25, 0.3) is 0 Å². The number of nitro benzene ring substituents is 1. The first kappa shape index (κ1) is 15.4. The topological polar surface area (TPSA) is 78.2 Å². The molecule has 0 unspecified atom stereocenters. The Morgan fingerprint density at radius 1 is 1.24 bits per heavy atom. The second-order valence-electron chi connectivity index (χ2n) is 3.72. The monoisotopic (exact) mass is 411 g/mol. The van der Waals surface area contributed by atoms with E-state index in [0.29, 0.717) is 15.7 Å². The van der Waals surface area contributed by atoms with Crippen LogP contribution in [0, 0.1) is 13.7 Å². The van der Waals surface area contributed by atoms with Crippen molar-refractivity contribution in [3.63, 3.8) is 0 Å². The molecule has 1 heterocycles. The highest BCUT2D eigenvalue weighted by Crippen LogP contribution is 2.37. The molecule has 10 heteroatoms. The molecule has 0 N–H and O–H groups in total. The van der Waals surface area contributed by atoms with Crippen molar-refractivity contribution in [1.29, 1.82) is 0 Å². The molecule has 0 bridgehead atoms. The van der Waals surface area contributed by atoms with Crippen molar-refractivity contribution in [3.05, 3.63) is 49.8 Å². The zero-order valence-corrected chi connectivity index (χ0v) is 12.1. The van der Waals surface area contributed by atoms with Crippen molar-refractivity contribution in [2.75, 3.05) is 0 Å². The molecular formula is C11H5F3IN3O3. The van der Waals surface area contributed by atoms with Gasteiger partial charge >= 0.3 is 17.9 Å². The minimum atomic E-state index is -4.68. The van der Waals surface area contributed by atoms with Crippen molar-refractivity contribution in [2.24, 2.45) is 0 Å². The fourth-order valence-electron chi connectivity index (χ4n) is 1.37. The standard InChI is InChI=1S/C11H5F3IN3O3/c12-11(13,14)6-1-2-9(8(3-6)18(19)20)21-10-16-4-7(15)5-17-10/h1-5H. The molecule has 110 valence electrons. The minimum absolute atomic E-state index is 0.196. The molecule has 0 saturated heterocycles. The highest BCUT2D eigenvalue weighted by atomic mass is 127. The number of aromatic nitrogens is 2. The first-order valence-electron chi connectivity index (χ1n) is 5.28. The van der Waals surface area contributed by atoms with Gasteiger partial charge in [0.25, 0.3) is 0 Å². The third kappa shape index (κ3) is 3.77. The average Bonchev–Trinajstić information content (AvgIpc) is 2.40. The molecular weight excluding hydrogens is 406 g/mol. The lowest BCUT2D eigenvalue weighted by Gasteiger charge is -2.08. The molecule has 0 atom stereocenters. The summed E-state index contributed by atoms with van der Waals surface area (Å²) < 4.78 is 43.4. The fraction of sp³-hybridized carbons (Fsp3) is 0.0909. The minimum Gasteiger partial charge on any atom is -0.417 e. The number of ether oxygens (including phenoxy) is 1. The molecule has 0 amide bonds. The summed E-state index contributed by atoms with van der Waals surface area (Å²) in [5.74, 6) is -0.366. The Labute approximate surface area is 129 Å². The van der Waals surface area contributed by atoms with Gasteiger partial charge in [-0.2, -0.15) is 13.2 Å². The van der Waals surface area contributed by atoms with E-state index in [4.69, 9.17) is 4.74 Å². The second-order valence-corrected chi connectivity index (χ2v) is 4.97. The molecule has 1 aromatic carbocycles. The molecule has 0 aliphatic carbocycles. The Bertz CT molecular complexity index is 677. The van der Waals surface area contributed by atoms with Crippen LogP contribution in [0.5, 0.6) is 11.8 Å². The van der Waals surface area contributed by atoms with Gasteiger partial charge in [-0.25, -0.2) is 9.97 Å². The lowest BCUT2D eigenvalue weighted by molar-refractivity contribution is -0.385. The Hall–Kier alpha value is -1.98. The first-order valence-corrected chi connectivity index (χ1v) is 6.36. The Morgan fingerprint density at radius 3 is 2.38 bits per heavy atom. The van der Waals surface area contributed by atoms with Crippen molar-refractivity contribution >= 4 is 28.3 Å². The van der Waals surface area contributed by atoms with Crippen LogP contribution in [0.15, 0.2) is 30.6 Å². The van der Waals surface area contributed by atoms with E-state index >= 15 is 0 Å². The van der Waals surface area contributed by atoms with E-state index in [1.165, 1.54) is 12.4 Å². The molecule has 0 aliphatic heterocycles. The molecule has 2 rings (SSSR count). The number of nitrogens with zero attached hydrogens (tertiary/aromatic N) is 3. The van der Waals surface area contributed by atoms with Gasteiger partial charge in [-0.15, -0.1) is 0 Å². The molecule has 6 nitrogen and oxygen atoms in total. The molecule has 0 aliphatic rings.